The summed E-state index contributed by atoms with van der Waals surface area (Å²) in [6, 6.07) is 0. The molecule has 0 spiro atoms. The van der Waals surface area contributed by atoms with E-state index in [0.717, 1.165) is 12.4 Å². The zero-order chi connectivity index (χ0) is 10.6. The first kappa shape index (κ1) is 10.9. The summed E-state index contributed by atoms with van der Waals surface area (Å²) in [5.74, 6) is 1.11. The lowest BCUT2D eigenvalue weighted by Crippen LogP contribution is -2.25. The molecule has 0 saturated heterocycles. The van der Waals surface area contributed by atoms with Crippen molar-refractivity contribution < 1.29 is 4.79 Å². The van der Waals surface area contributed by atoms with Gasteiger partial charge in [0.25, 0.3) is 0 Å². The zero-order valence-corrected chi connectivity index (χ0v) is 8.95. The van der Waals surface area contributed by atoms with Crippen LogP contribution in [-0.2, 0) is 18.3 Å². The lowest BCUT2D eigenvalue weighted by Gasteiger charge is -2.08. The number of nitrogens with zero attached hydrogens (tertiary/aromatic N) is 2. The molecule has 0 aliphatic heterocycles. The number of imidazole rings is 1. The van der Waals surface area contributed by atoms with Crippen LogP contribution >= 0.6 is 0 Å². The van der Waals surface area contributed by atoms with Gasteiger partial charge in [0.05, 0.1) is 6.42 Å². The first-order chi connectivity index (χ1) is 6.65. The van der Waals surface area contributed by atoms with E-state index >= 15 is 0 Å². The number of nitrogens with one attached hydrogen (secondary N) is 1. The molecule has 0 fully saturated rings. The van der Waals surface area contributed by atoms with Crippen molar-refractivity contribution in [1.29, 1.82) is 0 Å². The number of aryl methyl sites for hydroxylation is 1. The minimum absolute atomic E-state index is 0.0525. The maximum absolute atomic E-state index is 11.7. The molecule has 0 aromatic carbocycles. The van der Waals surface area contributed by atoms with E-state index in [4.69, 9.17) is 0 Å². The van der Waals surface area contributed by atoms with E-state index < -0.39 is 0 Å². The van der Waals surface area contributed by atoms with Crippen molar-refractivity contribution in [2.24, 2.45) is 13.0 Å². The van der Waals surface area contributed by atoms with Gasteiger partial charge in [-0.1, -0.05) is 6.92 Å². The lowest BCUT2D eigenvalue weighted by atomic mass is 10.0. The SMILES string of the molecule is CNCC(C)C(=O)Cc1nccn1C. The summed E-state index contributed by atoms with van der Waals surface area (Å²) in [4.78, 5) is 15.8. The van der Waals surface area contributed by atoms with E-state index in [1.165, 1.54) is 0 Å². The quantitative estimate of drug-likeness (QED) is 0.739. The Balaban J connectivity index is 2.53. The molecule has 1 atom stereocenters. The van der Waals surface area contributed by atoms with Crippen molar-refractivity contribution in [2.45, 2.75) is 13.3 Å². The Kier molecular flexibility index (Phi) is 3.83. The molecule has 1 aromatic heterocycles. The first-order valence-corrected chi connectivity index (χ1v) is 4.78. The molecule has 1 heterocycles. The van der Waals surface area contributed by atoms with E-state index in [1.54, 1.807) is 6.20 Å². The van der Waals surface area contributed by atoms with Crippen LogP contribution in [0.3, 0.4) is 0 Å². The van der Waals surface area contributed by atoms with Crippen LogP contribution in [-0.4, -0.2) is 28.9 Å². The molecule has 14 heavy (non-hydrogen) atoms. The van der Waals surface area contributed by atoms with Gasteiger partial charge in [0, 0.05) is 31.9 Å². The molecule has 0 aliphatic rings. The lowest BCUT2D eigenvalue weighted by molar-refractivity contribution is -0.121. The molecule has 4 nitrogen and oxygen atoms in total. The highest BCUT2D eigenvalue weighted by molar-refractivity contribution is 5.82. The van der Waals surface area contributed by atoms with Gasteiger partial charge in [-0.05, 0) is 7.05 Å². The average Bonchev–Trinajstić information content (AvgIpc) is 2.52. The summed E-state index contributed by atoms with van der Waals surface area (Å²) in [6.07, 6.45) is 3.99. The van der Waals surface area contributed by atoms with Crippen molar-refractivity contribution in [2.75, 3.05) is 13.6 Å². The maximum atomic E-state index is 11.7. The van der Waals surface area contributed by atoms with Crippen molar-refractivity contribution in [3.63, 3.8) is 0 Å². The molecule has 1 aromatic rings. The van der Waals surface area contributed by atoms with Crippen LogP contribution in [0.1, 0.15) is 12.7 Å². The Morgan fingerprint density at radius 2 is 2.43 bits per heavy atom. The molecule has 1 unspecified atom stereocenters. The third kappa shape index (κ3) is 2.67. The van der Waals surface area contributed by atoms with E-state index in [-0.39, 0.29) is 11.7 Å². The van der Waals surface area contributed by atoms with Crippen molar-refractivity contribution >= 4 is 5.78 Å². The number of rotatable bonds is 5. The third-order valence-corrected chi connectivity index (χ3v) is 2.31. The molecular formula is C10H17N3O. The zero-order valence-electron chi connectivity index (χ0n) is 8.95. The third-order valence-electron chi connectivity index (χ3n) is 2.31. The Bertz CT molecular complexity index is 306. The molecule has 0 radical (unpaired) electrons. The number of ketones is 1. The molecule has 1 rings (SSSR count). The summed E-state index contributed by atoms with van der Waals surface area (Å²) in [5, 5.41) is 2.99. The van der Waals surface area contributed by atoms with Gasteiger partial charge in [0.15, 0.2) is 0 Å². The van der Waals surface area contributed by atoms with Gasteiger partial charge in [-0.2, -0.15) is 0 Å². The monoisotopic (exact) mass is 195 g/mol. The first-order valence-electron chi connectivity index (χ1n) is 4.78. The van der Waals surface area contributed by atoms with Crippen LogP contribution in [0.2, 0.25) is 0 Å². The second-order valence-electron chi connectivity index (χ2n) is 3.56. The molecular weight excluding hydrogens is 178 g/mol. The number of hydrogen-bond acceptors (Lipinski definition) is 3. The fourth-order valence-corrected chi connectivity index (χ4v) is 1.32. The normalized spacial score (nSPS) is 12.8. The van der Waals surface area contributed by atoms with Gasteiger partial charge in [-0.3, -0.25) is 4.79 Å². The van der Waals surface area contributed by atoms with Crippen molar-refractivity contribution in [3.8, 4) is 0 Å². The number of carbonyl (C=O) groups excluding carboxylic acids is 1. The van der Waals surface area contributed by atoms with Gasteiger partial charge in [0.1, 0.15) is 11.6 Å². The second kappa shape index (κ2) is 4.91. The maximum Gasteiger partial charge on any atom is 0.144 e. The molecule has 1 N–H and O–H groups in total. The number of Topliss-reactive ketones (excluding diaryl/α,β-unsaturated/α-hetero) is 1. The molecule has 0 amide bonds. The highest BCUT2D eigenvalue weighted by Crippen LogP contribution is 2.02. The predicted octanol–water partition coefficient (Wildman–Crippen LogP) is 0.387. The fourth-order valence-electron chi connectivity index (χ4n) is 1.32. The standard InChI is InChI=1S/C10H17N3O/c1-8(7-11-2)9(14)6-10-12-4-5-13(10)3/h4-5,8,11H,6-7H2,1-3H3. The minimum atomic E-state index is 0.0525. The number of aromatic nitrogens is 2. The molecule has 0 saturated carbocycles. The average molecular weight is 195 g/mol. The Hall–Kier alpha value is -1.16. The van der Waals surface area contributed by atoms with Crippen LogP contribution in [0.25, 0.3) is 0 Å². The van der Waals surface area contributed by atoms with Crippen molar-refractivity contribution in [3.05, 3.63) is 18.2 Å². The highest BCUT2D eigenvalue weighted by Gasteiger charge is 2.14. The van der Waals surface area contributed by atoms with Crippen LogP contribution in [0.15, 0.2) is 12.4 Å². The van der Waals surface area contributed by atoms with E-state index in [0.29, 0.717) is 6.42 Å². The van der Waals surface area contributed by atoms with Crippen molar-refractivity contribution in [1.82, 2.24) is 14.9 Å². The fraction of sp³-hybridized carbons (Fsp3) is 0.600. The summed E-state index contributed by atoms with van der Waals surface area (Å²) in [7, 11) is 3.75. The molecule has 0 aliphatic carbocycles. The predicted molar refractivity (Wildman–Crippen MR) is 55.0 cm³/mol. The van der Waals surface area contributed by atoms with E-state index in [2.05, 4.69) is 10.3 Å². The molecule has 4 heteroatoms. The Morgan fingerprint density at radius 3 is 2.93 bits per heavy atom. The summed E-state index contributed by atoms with van der Waals surface area (Å²) in [5.41, 5.74) is 0. The largest absolute Gasteiger partial charge is 0.338 e. The van der Waals surface area contributed by atoms with Gasteiger partial charge in [0.2, 0.25) is 0 Å². The summed E-state index contributed by atoms with van der Waals surface area (Å²) < 4.78 is 1.88. The van der Waals surface area contributed by atoms with Crippen LogP contribution in [0.5, 0.6) is 0 Å². The smallest absolute Gasteiger partial charge is 0.144 e. The Morgan fingerprint density at radius 1 is 1.71 bits per heavy atom. The van der Waals surface area contributed by atoms with Crippen LogP contribution in [0.4, 0.5) is 0 Å². The van der Waals surface area contributed by atoms with Crippen LogP contribution < -0.4 is 5.32 Å². The van der Waals surface area contributed by atoms with Gasteiger partial charge >= 0.3 is 0 Å². The molecule has 78 valence electrons. The minimum Gasteiger partial charge on any atom is -0.338 e. The van der Waals surface area contributed by atoms with Gasteiger partial charge < -0.3 is 9.88 Å². The number of hydrogen-bond donors (Lipinski definition) is 1. The van der Waals surface area contributed by atoms with Gasteiger partial charge in [-0.25, -0.2) is 4.98 Å². The van der Waals surface area contributed by atoms with Crippen LogP contribution in [0, 0.1) is 5.92 Å². The van der Waals surface area contributed by atoms with Gasteiger partial charge in [-0.15, -0.1) is 0 Å². The summed E-state index contributed by atoms with van der Waals surface area (Å²) in [6.45, 7) is 2.66. The highest BCUT2D eigenvalue weighted by atomic mass is 16.1. The second-order valence-corrected chi connectivity index (χ2v) is 3.56. The Labute approximate surface area is 84.3 Å². The topological polar surface area (TPSA) is 46.9 Å². The van der Waals surface area contributed by atoms with E-state index in [1.807, 2.05) is 31.8 Å². The summed E-state index contributed by atoms with van der Waals surface area (Å²) >= 11 is 0. The molecule has 0 bridgehead atoms. The number of carbonyl (C=O) groups is 1. The van der Waals surface area contributed by atoms with E-state index in [9.17, 15) is 4.79 Å².